The second-order valence-corrected chi connectivity index (χ2v) is 10.2. The summed E-state index contributed by atoms with van der Waals surface area (Å²) in [5.74, 6) is 0.947. The number of anilines is 2. The monoisotopic (exact) mass is 377 g/mol. The van der Waals surface area contributed by atoms with Crippen LogP contribution in [0.5, 0.6) is 0 Å². The van der Waals surface area contributed by atoms with Crippen molar-refractivity contribution < 1.29 is 13.2 Å². The van der Waals surface area contributed by atoms with E-state index in [2.05, 4.69) is 15.5 Å². The molecule has 4 rings (SSSR count). The maximum atomic E-state index is 12.5. The number of amides is 1. The summed E-state index contributed by atoms with van der Waals surface area (Å²) >= 11 is 0. The number of fused-ring (bicyclic) bond motifs is 2. The van der Waals surface area contributed by atoms with Gasteiger partial charge >= 0.3 is 0 Å². The Hall–Kier alpha value is -1.60. The number of rotatable bonds is 4. The highest BCUT2D eigenvalue weighted by Gasteiger charge is 2.34. The van der Waals surface area contributed by atoms with Gasteiger partial charge in [-0.3, -0.25) is 4.79 Å². The Morgan fingerprint density at radius 1 is 1.15 bits per heavy atom. The first-order chi connectivity index (χ1) is 12.5. The molecule has 6 nitrogen and oxygen atoms in total. The fourth-order valence-corrected chi connectivity index (χ4v) is 5.77. The number of hydrogen-bond acceptors (Lipinski definition) is 5. The topological polar surface area (TPSA) is 78.5 Å². The molecule has 0 spiro atoms. The molecule has 3 aliphatic heterocycles. The van der Waals surface area contributed by atoms with Crippen molar-refractivity contribution in [2.24, 2.45) is 5.92 Å². The van der Waals surface area contributed by atoms with Crippen LogP contribution in [-0.4, -0.2) is 51.0 Å². The maximum absolute atomic E-state index is 12.5. The molecule has 7 heteroatoms. The molecule has 3 aliphatic rings. The lowest BCUT2D eigenvalue weighted by molar-refractivity contribution is -0.117. The largest absolute Gasteiger partial charge is 0.369 e. The van der Waals surface area contributed by atoms with Gasteiger partial charge in [-0.1, -0.05) is 6.07 Å². The lowest BCUT2D eigenvalue weighted by Crippen LogP contribution is -2.40. The summed E-state index contributed by atoms with van der Waals surface area (Å²) in [6.45, 7) is 1.02. The van der Waals surface area contributed by atoms with Gasteiger partial charge in [0.1, 0.15) is 0 Å². The maximum Gasteiger partial charge on any atom is 0.224 e. The zero-order valence-electron chi connectivity index (χ0n) is 15.0. The number of hydrogen-bond donors (Lipinski definition) is 2. The fraction of sp³-hybridized carbons (Fsp3) is 0.632. The molecule has 0 saturated carbocycles. The van der Waals surface area contributed by atoms with E-state index in [1.807, 2.05) is 24.3 Å². The zero-order chi connectivity index (χ0) is 18.1. The van der Waals surface area contributed by atoms with Crippen LogP contribution in [0.2, 0.25) is 0 Å². The molecular formula is C19H27N3O3S. The lowest BCUT2D eigenvalue weighted by atomic mass is 9.89. The van der Waals surface area contributed by atoms with Gasteiger partial charge in [0.05, 0.1) is 11.5 Å². The number of sulfone groups is 1. The minimum atomic E-state index is -2.89. The molecule has 26 heavy (non-hydrogen) atoms. The number of carbonyl (C=O) groups excluding carboxylic acids is 1. The standard InChI is InChI=1S/C19H27N3O3S/c23-19(12-14-10-16-4-5-17(11-14)20-16)21-15-2-1-3-18(13-15)22-6-8-26(24,25)9-7-22/h1-3,13-14,16-17,20H,4-12H2,(H,21,23). The molecule has 2 atom stereocenters. The van der Waals surface area contributed by atoms with Gasteiger partial charge in [-0.2, -0.15) is 0 Å². The van der Waals surface area contributed by atoms with Gasteiger partial charge in [-0.05, 0) is 49.8 Å². The number of benzene rings is 1. The lowest BCUT2D eigenvalue weighted by Gasteiger charge is -2.29. The van der Waals surface area contributed by atoms with Gasteiger partial charge in [0.15, 0.2) is 9.84 Å². The molecule has 0 aromatic heterocycles. The molecule has 3 heterocycles. The predicted octanol–water partition coefficient (Wildman–Crippen LogP) is 1.78. The van der Waals surface area contributed by atoms with E-state index in [0.717, 1.165) is 24.2 Å². The Bertz CT molecular complexity index is 754. The zero-order valence-corrected chi connectivity index (χ0v) is 15.8. The van der Waals surface area contributed by atoms with Gasteiger partial charge in [0.25, 0.3) is 0 Å². The van der Waals surface area contributed by atoms with Crippen LogP contribution in [0.1, 0.15) is 32.1 Å². The van der Waals surface area contributed by atoms with Crippen molar-refractivity contribution >= 4 is 27.1 Å². The van der Waals surface area contributed by atoms with Crippen LogP contribution in [0.4, 0.5) is 11.4 Å². The Morgan fingerprint density at radius 2 is 1.85 bits per heavy atom. The van der Waals surface area contributed by atoms with Gasteiger partial charge < -0.3 is 15.5 Å². The van der Waals surface area contributed by atoms with E-state index in [1.165, 1.54) is 12.8 Å². The molecule has 0 radical (unpaired) electrons. The Balaban J connectivity index is 1.34. The van der Waals surface area contributed by atoms with Crippen molar-refractivity contribution in [3.63, 3.8) is 0 Å². The van der Waals surface area contributed by atoms with Crippen LogP contribution in [-0.2, 0) is 14.6 Å². The molecule has 3 fully saturated rings. The Labute approximate surface area is 155 Å². The molecule has 1 aromatic carbocycles. The first-order valence-corrected chi connectivity index (χ1v) is 11.4. The average molecular weight is 378 g/mol. The quantitative estimate of drug-likeness (QED) is 0.836. The van der Waals surface area contributed by atoms with Crippen molar-refractivity contribution in [1.29, 1.82) is 0 Å². The molecule has 1 aromatic rings. The van der Waals surface area contributed by atoms with E-state index >= 15 is 0 Å². The second-order valence-electron chi connectivity index (χ2n) is 7.92. The highest BCUT2D eigenvalue weighted by atomic mass is 32.2. The van der Waals surface area contributed by atoms with Crippen LogP contribution in [0.25, 0.3) is 0 Å². The smallest absolute Gasteiger partial charge is 0.224 e. The molecule has 2 unspecified atom stereocenters. The van der Waals surface area contributed by atoms with Crippen molar-refractivity contribution in [2.75, 3.05) is 34.8 Å². The van der Waals surface area contributed by atoms with Crippen molar-refractivity contribution in [2.45, 2.75) is 44.2 Å². The molecular weight excluding hydrogens is 350 g/mol. The number of nitrogens with zero attached hydrogens (tertiary/aromatic N) is 1. The van der Waals surface area contributed by atoms with E-state index < -0.39 is 9.84 Å². The van der Waals surface area contributed by atoms with E-state index in [0.29, 0.717) is 37.5 Å². The van der Waals surface area contributed by atoms with E-state index in [-0.39, 0.29) is 17.4 Å². The van der Waals surface area contributed by atoms with Gasteiger partial charge in [-0.25, -0.2) is 8.42 Å². The summed E-state index contributed by atoms with van der Waals surface area (Å²) in [7, 11) is -2.89. The Kier molecular flexibility index (Phi) is 4.92. The highest BCUT2D eigenvalue weighted by molar-refractivity contribution is 7.91. The average Bonchev–Trinajstić information content (AvgIpc) is 2.93. The van der Waals surface area contributed by atoms with Crippen LogP contribution < -0.4 is 15.5 Å². The molecule has 2 N–H and O–H groups in total. The Morgan fingerprint density at radius 3 is 2.54 bits per heavy atom. The highest BCUT2D eigenvalue weighted by Crippen LogP contribution is 2.33. The summed E-state index contributed by atoms with van der Waals surface area (Å²) in [6, 6.07) is 8.93. The minimum Gasteiger partial charge on any atom is -0.369 e. The fourth-order valence-electron chi connectivity index (χ4n) is 4.57. The third-order valence-corrected chi connectivity index (χ3v) is 7.49. The first-order valence-electron chi connectivity index (χ1n) is 9.58. The molecule has 1 amide bonds. The summed E-state index contributed by atoms with van der Waals surface area (Å²) < 4.78 is 23.2. The van der Waals surface area contributed by atoms with E-state index in [9.17, 15) is 13.2 Å². The predicted molar refractivity (Wildman–Crippen MR) is 103 cm³/mol. The second kappa shape index (κ2) is 7.19. The summed E-state index contributed by atoms with van der Waals surface area (Å²) in [5, 5.41) is 6.64. The van der Waals surface area contributed by atoms with Crippen LogP contribution in [0.15, 0.2) is 24.3 Å². The summed E-state index contributed by atoms with van der Waals surface area (Å²) in [6.07, 6.45) is 5.28. The molecule has 3 saturated heterocycles. The van der Waals surface area contributed by atoms with Crippen molar-refractivity contribution in [1.82, 2.24) is 5.32 Å². The summed E-state index contributed by atoms with van der Waals surface area (Å²) in [5.41, 5.74) is 1.76. The van der Waals surface area contributed by atoms with Crippen molar-refractivity contribution in [3.8, 4) is 0 Å². The van der Waals surface area contributed by atoms with Crippen LogP contribution in [0, 0.1) is 5.92 Å². The number of nitrogens with one attached hydrogen (secondary N) is 2. The van der Waals surface area contributed by atoms with Crippen molar-refractivity contribution in [3.05, 3.63) is 24.3 Å². The third-order valence-electron chi connectivity index (χ3n) is 5.88. The first kappa shape index (κ1) is 17.8. The summed E-state index contributed by atoms with van der Waals surface area (Å²) in [4.78, 5) is 14.5. The van der Waals surface area contributed by atoms with E-state index in [4.69, 9.17) is 0 Å². The van der Waals surface area contributed by atoms with Crippen LogP contribution in [0.3, 0.4) is 0 Å². The number of carbonyl (C=O) groups is 1. The minimum absolute atomic E-state index is 0.0784. The van der Waals surface area contributed by atoms with Crippen LogP contribution >= 0.6 is 0 Å². The van der Waals surface area contributed by atoms with Gasteiger partial charge in [0, 0.05) is 43.0 Å². The SMILES string of the molecule is O=C(CC1CC2CCC(C1)N2)Nc1cccc(N2CCS(=O)(=O)CC2)c1. The molecule has 0 aliphatic carbocycles. The third kappa shape index (κ3) is 4.20. The van der Waals surface area contributed by atoms with Gasteiger partial charge in [0.2, 0.25) is 5.91 Å². The molecule has 142 valence electrons. The number of piperidine rings is 1. The van der Waals surface area contributed by atoms with E-state index in [1.54, 1.807) is 0 Å². The molecule has 2 bridgehead atoms. The van der Waals surface area contributed by atoms with Gasteiger partial charge in [-0.15, -0.1) is 0 Å². The normalized spacial score (nSPS) is 30.2.